The number of nitrogens with zero attached hydrogens (tertiary/aromatic N) is 2. The van der Waals surface area contributed by atoms with E-state index in [1.165, 1.54) is 0 Å². The van der Waals surface area contributed by atoms with Crippen molar-refractivity contribution in [2.75, 3.05) is 6.61 Å². The summed E-state index contributed by atoms with van der Waals surface area (Å²) in [6.45, 7) is 5.80. The number of esters is 4. The summed E-state index contributed by atoms with van der Waals surface area (Å²) < 4.78 is 27.3. The number of ketones is 1. The smallest absolute Gasteiger partial charge is 0.303 e. The number of nitrogens with one attached hydrogen (secondary N) is 1. The minimum atomic E-state index is -1.50. The molecule has 1 saturated heterocycles. The molecular formula is C24H28N4O10S. The van der Waals surface area contributed by atoms with Gasteiger partial charge in [0.25, 0.3) is 0 Å². The molecule has 2 aliphatic rings. The van der Waals surface area contributed by atoms with Crippen molar-refractivity contribution >= 4 is 58.5 Å². The molecule has 1 aromatic rings. The molecular weight excluding hydrogens is 536 g/mol. The molecule has 0 saturated carbocycles. The van der Waals surface area contributed by atoms with Crippen LogP contribution in [0.3, 0.4) is 0 Å². The third kappa shape index (κ3) is 7.06. The van der Waals surface area contributed by atoms with Gasteiger partial charge in [-0.3, -0.25) is 29.4 Å². The summed E-state index contributed by atoms with van der Waals surface area (Å²) in [5, 5.41) is 0.609. The van der Waals surface area contributed by atoms with Crippen LogP contribution < -0.4 is 11.2 Å². The number of rotatable bonds is 6. The summed E-state index contributed by atoms with van der Waals surface area (Å²) in [6, 6.07) is 5.11. The van der Waals surface area contributed by atoms with Gasteiger partial charge in [-0.1, -0.05) is 11.6 Å². The van der Waals surface area contributed by atoms with Crippen molar-refractivity contribution in [1.29, 1.82) is 0 Å². The zero-order valence-corrected chi connectivity index (χ0v) is 22.6. The first-order valence-electron chi connectivity index (χ1n) is 11.7. The number of carbonyl (C=O) groups excluding carboxylic acids is 5. The van der Waals surface area contributed by atoms with Crippen LogP contribution in [0.5, 0.6) is 0 Å². The van der Waals surface area contributed by atoms with E-state index in [1.54, 1.807) is 18.2 Å². The Bertz CT molecular complexity index is 1240. The van der Waals surface area contributed by atoms with Gasteiger partial charge in [-0.25, -0.2) is 10.0 Å². The predicted octanol–water partition coefficient (Wildman–Crippen LogP) is 0.355. The lowest BCUT2D eigenvalue weighted by atomic mass is 9.97. The zero-order chi connectivity index (χ0) is 29.0. The Kier molecular flexibility index (Phi) is 9.19. The fourth-order valence-electron chi connectivity index (χ4n) is 4.08. The molecule has 0 aromatic heterocycles. The summed E-state index contributed by atoms with van der Waals surface area (Å²) in [6.07, 6.45) is -7.07. The number of amidine groups is 1. The number of fused-ring (bicyclic) bond motifs is 1. The van der Waals surface area contributed by atoms with Crippen LogP contribution in [0.2, 0.25) is 0 Å². The zero-order valence-electron chi connectivity index (χ0n) is 21.8. The predicted molar refractivity (Wildman–Crippen MR) is 136 cm³/mol. The maximum atomic E-state index is 13.1. The number of ether oxygens (including phenoxy) is 5. The highest BCUT2D eigenvalue weighted by molar-refractivity contribution is 7.80. The van der Waals surface area contributed by atoms with E-state index < -0.39 is 66.9 Å². The standard InChI is InChI=1S/C24H28N4O10S/c1-10-6-7-16-15(8-10)18(33)22(26-16)27-28(24(25)39)23-21(37-14(5)32)20(36-13(4)31)19(35-12(3)30)17(38-23)9-34-11(2)29/h6-8,17,19-21,23H,9H2,1-5H3,(H2,25,39)(H,26,27,33)/t17-,19+,20+,21-,23-/m1/s1. The average Bonchev–Trinajstić information content (AvgIpc) is 3.12. The van der Waals surface area contributed by atoms with E-state index in [1.807, 2.05) is 6.92 Å². The number of aliphatic imine (C=N–C) groups is 1. The lowest BCUT2D eigenvalue weighted by Crippen LogP contribution is -2.70. The maximum Gasteiger partial charge on any atom is 0.303 e. The van der Waals surface area contributed by atoms with E-state index >= 15 is 0 Å². The maximum absolute atomic E-state index is 13.1. The summed E-state index contributed by atoms with van der Waals surface area (Å²) >= 11 is 5.19. The number of carbonyl (C=O) groups is 5. The molecule has 210 valence electrons. The lowest BCUT2D eigenvalue weighted by Gasteiger charge is -2.47. The van der Waals surface area contributed by atoms with Crippen LogP contribution in [0.1, 0.15) is 43.6 Å². The minimum absolute atomic E-state index is 0.170. The second-order valence-corrected chi connectivity index (χ2v) is 9.14. The van der Waals surface area contributed by atoms with E-state index in [4.69, 9.17) is 41.6 Å². The summed E-state index contributed by atoms with van der Waals surface area (Å²) in [5.74, 6) is -3.72. The SMILES string of the molecule is CC(=O)OC[C@H]1O[C@@H](N(NC2=Nc3ccc(C)cc3C2=O)C(N)=S)[C@H](OC(C)=O)[C@@H](OC(C)=O)[C@H]1OC(C)=O. The fourth-order valence-corrected chi connectivity index (χ4v) is 4.22. The quantitative estimate of drug-likeness (QED) is 0.209. The topological polar surface area (TPSA) is 185 Å². The molecule has 1 aromatic carbocycles. The molecule has 15 heteroatoms. The molecule has 0 bridgehead atoms. The van der Waals surface area contributed by atoms with E-state index in [0.717, 1.165) is 38.3 Å². The van der Waals surface area contributed by atoms with Gasteiger partial charge >= 0.3 is 23.9 Å². The van der Waals surface area contributed by atoms with Gasteiger partial charge in [0, 0.05) is 27.7 Å². The van der Waals surface area contributed by atoms with Gasteiger partial charge < -0.3 is 29.4 Å². The molecule has 3 N–H and O–H groups in total. The van der Waals surface area contributed by atoms with Crippen molar-refractivity contribution in [2.45, 2.75) is 65.3 Å². The number of hydrazine groups is 1. The van der Waals surface area contributed by atoms with Crippen LogP contribution in [-0.2, 0) is 42.9 Å². The molecule has 39 heavy (non-hydrogen) atoms. The van der Waals surface area contributed by atoms with Crippen LogP contribution in [0.4, 0.5) is 5.69 Å². The van der Waals surface area contributed by atoms with Crippen LogP contribution in [0.15, 0.2) is 23.2 Å². The van der Waals surface area contributed by atoms with Crippen molar-refractivity contribution in [3.8, 4) is 0 Å². The van der Waals surface area contributed by atoms with Crippen molar-refractivity contribution in [3.63, 3.8) is 0 Å². The Labute approximate surface area is 228 Å². The molecule has 0 unspecified atom stereocenters. The third-order valence-electron chi connectivity index (χ3n) is 5.53. The van der Waals surface area contributed by atoms with Gasteiger partial charge in [-0.15, -0.1) is 0 Å². The monoisotopic (exact) mass is 564 g/mol. The normalized spacial score (nSPS) is 23.6. The van der Waals surface area contributed by atoms with E-state index in [2.05, 4.69) is 10.4 Å². The first kappa shape index (κ1) is 29.4. The highest BCUT2D eigenvalue weighted by Gasteiger charge is 2.54. The second-order valence-electron chi connectivity index (χ2n) is 8.72. The third-order valence-corrected chi connectivity index (χ3v) is 5.73. The van der Waals surface area contributed by atoms with Crippen molar-refractivity contribution in [2.24, 2.45) is 10.7 Å². The van der Waals surface area contributed by atoms with E-state index in [-0.39, 0.29) is 10.9 Å². The summed E-state index contributed by atoms with van der Waals surface area (Å²) in [7, 11) is 0. The van der Waals surface area contributed by atoms with Crippen LogP contribution in [0.25, 0.3) is 0 Å². The summed E-state index contributed by atoms with van der Waals surface area (Å²) in [5.41, 5.74) is 10.3. The van der Waals surface area contributed by atoms with Crippen molar-refractivity contribution < 1.29 is 47.7 Å². The Hall–Kier alpha value is -4.11. The van der Waals surface area contributed by atoms with Crippen LogP contribution in [0, 0.1) is 6.92 Å². The van der Waals surface area contributed by atoms with Crippen molar-refractivity contribution in [1.82, 2.24) is 10.4 Å². The highest BCUT2D eigenvalue weighted by Crippen LogP contribution is 2.32. The average molecular weight is 565 g/mol. The molecule has 0 aliphatic carbocycles. The van der Waals surface area contributed by atoms with Gasteiger partial charge in [0.15, 0.2) is 35.5 Å². The fraction of sp³-hybridized carbons (Fsp3) is 0.458. The van der Waals surface area contributed by atoms with E-state index in [9.17, 15) is 24.0 Å². The van der Waals surface area contributed by atoms with Crippen LogP contribution >= 0.6 is 12.2 Å². The number of hydrogen-bond acceptors (Lipinski definition) is 13. The van der Waals surface area contributed by atoms with Crippen LogP contribution in [-0.4, -0.2) is 82.9 Å². The van der Waals surface area contributed by atoms with Gasteiger partial charge in [0.05, 0.1) is 11.3 Å². The Morgan fingerprint density at radius 3 is 2.15 bits per heavy atom. The number of aryl methyl sites for hydroxylation is 1. The molecule has 0 radical (unpaired) electrons. The molecule has 5 atom stereocenters. The largest absolute Gasteiger partial charge is 0.463 e. The number of Topliss-reactive ketones (excluding diaryl/α,β-unsaturated/α-hetero) is 1. The highest BCUT2D eigenvalue weighted by atomic mass is 32.1. The Balaban J connectivity index is 2.05. The number of thiocarbonyl (C=S) groups is 1. The number of benzene rings is 1. The van der Waals surface area contributed by atoms with Gasteiger partial charge in [0.1, 0.15) is 12.7 Å². The Morgan fingerprint density at radius 1 is 1.00 bits per heavy atom. The number of nitrogens with two attached hydrogens (primary N) is 1. The van der Waals surface area contributed by atoms with Gasteiger partial charge in [-0.2, -0.15) is 0 Å². The second kappa shape index (κ2) is 12.2. The molecule has 2 aliphatic heterocycles. The molecule has 0 amide bonds. The summed E-state index contributed by atoms with van der Waals surface area (Å²) in [4.78, 5) is 65.0. The first-order valence-corrected chi connectivity index (χ1v) is 12.1. The first-order chi connectivity index (χ1) is 18.3. The molecule has 0 spiro atoms. The van der Waals surface area contributed by atoms with Gasteiger partial charge in [0.2, 0.25) is 5.78 Å². The van der Waals surface area contributed by atoms with E-state index in [0.29, 0.717) is 11.3 Å². The molecule has 2 heterocycles. The molecule has 14 nitrogen and oxygen atoms in total. The lowest BCUT2D eigenvalue weighted by molar-refractivity contribution is -0.273. The van der Waals surface area contributed by atoms with Gasteiger partial charge in [-0.05, 0) is 31.3 Å². The van der Waals surface area contributed by atoms with Crippen molar-refractivity contribution in [3.05, 3.63) is 29.3 Å². The molecule has 3 rings (SSSR count). The number of hydrogen-bond donors (Lipinski definition) is 2. The minimum Gasteiger partial charge on any atom is -0.463 e. The Morgan fingerprint density at radius 2 is 1.59 bits per heavy atom. The molecule has 1 fully saturated rings.